The summed E-state index contributed by atoms with van der Waals surface area (Å²) in [5.41, 5.74) is 6.17. The second kappa shape index (κ2) is 10.2. The molecule has 0 aromatic heterocycles. The molecule has 7 heteroatoms. The van der Waals surface area contributed by atoms with E-state index in [1.54, 1.807) is 12.1 Å². The molecule has 2 N–H and O–H groups in total. The Bertz CT molecular complexity index is 1160. The van der Waals surface area contributed by atoms with Crippen LogP contribution in [0.1, 0.15) is 29.0 Å². The molecule has 2 amide bonds. The second-order valence-corrected chi connectivity index (χ2v) is 8.29. The van der Waals surface area contributed by atoms with Crippen molar-refractivity contribution >= 4 is 23.7 Å². The summed E-state index contributed by atoms with van der Waals surface area (Å²) in [7, 11) is 1.47. The molecule has 0 fully saturated rings. The fourth-order valence-electron chi connectivity index (χ4n) is 4.24. The van der Waals surface area contributed by atoms with Gasteiger partial charge in [0.2, 0.25) is 5.91 Å². The van der Waals surface area contributed by atoms with Gasteiger partial charge in [0, 0.05) is 25.1 Å². The normalized spacial score (nSPS) is 11.9. The van der Waals surface area contributed by atoms with E-state index in [-0.39, 0.29) is 31.4 Å². The molecule has 174 valence electrons. The van der Waals surface area contributed by atoms with Crippen molar-refractivity contribution in [3.8, 4) is 11.1 Å². The van der Waals surface area contributed by atoms with Crippen molar-refractivity contribution in [1.29, 1.82) is 0 Å². The molecule has 34 heavy (non-hydrogen) atoms. The molecule has 1 aliphatic carbocycles. The molecular formula is C27H26N2O5. The number of likely N-dealkylation sites (N-methyl/N-ethyl adjacent to an activating group) is 1. The van der Waals surface area contributed by atoms with Crippen LogP contribution in [-0.4, -0.2) is 48.2 Å². The predicted octanol–water partition coefficient (Wildman–Crippen LogP) is 4.52. The van der Waals surface area contributed by atoms with Gasteiger partial charge in [0.1, 0.15) is 13.2 Å². The number of amides is 2. The summed E-state index contributed by atoms with van der Waals surface area (Å²) in [5, 5.41) is 11.5. The number of aliphatic carboxylic acids is 1. The highest BCUT2D eigenvalue weighted by Gasteiger charge is 2.29. The molecule has 0 bridgehead atoms. The highest BCUT2D eigenvalue weighted by molar-refractivity contribution is 5.85. The van der Waals surface area contributed by atoms with Crippen molar-refractivity contribution in [1.82, 2.24) is 4.90 Å². The lowest BCUT2D eigenvalue weighted by molar-refractivity contribution is -0.143. The third kappa shape index (κ3) is 5.26. The van der Waals surface area contributed by atoms with Crippen molar-refractivity contribution in [3.05, 3.63) is 89.5 Å². The lowest BCUT2D eigenvalue weighted by Gasteiger charge is -2.15. The van der Waals surface area contributed by atoms with Crippen molar-refractivity contribution in [2.75, 3.05) is 25.5 Å². The standard InChI is InChI=1S/C27H26N2O5/c1-29(16-26(31)32)25(30)15-12-18-10-13-19(14-11-18)28-27(33)34-17-24-22-8-4-2-6-20(22)21-7-3-5-9-23(21)24/h2-11,13-14,24H,12,15-17H2,1H3,(H,28,33)(H,31,32). The molecule has 0 saturated carbocycles. The van der Waals surface area contributed by atoms with E-state index in [0.717, 1.165) is 16.7 Å². The molecule has 3 aromatic rings. The third-order valence-electron chi connectivity index (χ3n) is 5.97. The third-order valence-corrected chi connectivity index (χ3v) is 5.97. The van der Waals surface area contributed by atoms with E-state index in [1.807, 2.05) is 36.4 Å². The van der Waals surface area contributed by atoms with Gasteiger partial charge in [-0.3, -0.25) is 14.9 Å². The van der Waals surface area contributed by atoms with E-state index in [1.165, 1.54) is 23.1 Å². The van der Waals surface area contributed by atoms with E-state index >= 15 is 0 Å². The number of nitrogens with zero attached hydrogens (tertiary/aromatic N) is 1. The number of carbonyl (C=O) groups is 3. The van der Waals surface area contributed by atoms with E-state index in [0.29, 0.717) is 12.1 Å². The Labute approximate surface area is 198 Å². The molecule has 3 aromatic carbocycles. The first kappa shape index (κ1) is 23.0. The summed E-state index contributed by atoms with van der Waals surface area (Å²) in [6.45, 7) is -0.0776. The molecule has 0 radical (unpaired) electrons. The van der Waals surface area contributed by atoms with E-state index in [2.05, 4.69) is 29.6 Å². The maximum absolute atomic E-state index is 12.4. The molecule has 1 aliphatic rings. The molecule has 0 spiro atoms. The van der Waals surface area contributed by atoms with Gasteiger partial charge in [0.25, 0.3) is 0 Å². The topological polar surface area (TPSA) is 95.9 Å². The number of carbonyl (C=O) groups excluding carboxylic acids is 2. The van der Waals surface area contributed by atoms with Gasteiger partial charge in [-0.25, -0.2) is 4.79 Å². The summed E-state index contributed by atoms with van der Waals surface area (Å²) in [4.78, 5) is 36.3. The van der Waals surface area contributed by atoms with Crippen molar-refractivity contribution in [3.63, 3.8) is 0 Å². The maximum Gasteiger partial charge on any atom is 0.411 e. The van der Waals surface area contributed by atoms with Crippen LogP contribution in [0.25, 0.3) is 11.1 Å². The SMILES string of the molecule is CN(CC(=O)O)C(=O)CCc1ccc(NC(=O)OCC2c3ccccc3-c3ccccc32)cc1. The number of benzene rings is 3. The number of carboxylic acids is 1. The Hall–Kier alpha value is -4.13. The Kier molecular flexibility index (Phi) is 6.92. The summed E-state index contributed by atoms with van der Waals surface area (Å²) >= 11 is 0. The minimum Gasteiger partial charge on any atom is -0.480 e. The van der Waals surface area contributed by atoms with Gasteiger partial charge in [-0.2, -0.15) is 0 Å². The van der Waals surface area contributed by atoms with Crippen LogP contribution in [0.3, 0.4) is 0 Å². The summed E-state index contributed by atoms with van der Waals surface area (Å²) in [6, 6.07) is 23.5. The molecular weight excluding hydrogens is 432 g/mol. The molecule has 0 unspecified atom stereocenters. The average Bonchev–Trinajstić information content (AvgIpc) is 3.15. The van der Waals surface area contributed by atoms with Gasteiger partial charge in [0.15, 0.2) is 0 Å². The summed E-state index contributed by atoms with van der Waals surface area (Å²) in [6.07, 6.45) is 0.164. The van der Waals surface area contributed by atoms with Gasteiger partial charge >= 0.3 is 12.1 Å². The zero-order chi connectivity index (χ0) is 24.1. The molecule has 4 rings (SSSR count). The Morgan fingerprint density at radius 1 is 0.912 bits per heavy atom. The van der Waals surface area contributed by atoms with Crippen LogP contribution < -0.4 is 5.32 Å². The highest BCUT2D eigenvalue weighted by Crippen LogP contribution is 2.44. The Morgan fingerprint density at radius 2 is 1.50 bits per heavy atom. The highest BCUT2D eigenvalue weighted by atomic mass is 16.5. The lowest BCUT2D eigenvalue weighted by Crippen LogP contribution is -2.32. The Balaban J connectivity index is 1.30. The van der Waals surface area contributed by atoms with Crippen LogP contribution in [0.15, 0.2) is 72.8 Å². The van der Waals surface area contributed by atoms with Crippen LogP contribution in [0.2, 0.25) is 0 Å². The monoisotopic (exact) mass is 458 g/mol. The number of nitrogens with one attached hydrogen (secondary N) is 1. The first-order valence-corrected chi connectivity index (χ1v) is 11.1. The molecule has 0 heterocycles. The predicted molar refractivity (Wildman–Crippen MR) is 129 cm³/mol. The second-order valence-electron chi connectivity index (χ2n) is 8.29. The van der Waals surface area contributed by atoms with Crippen LogP contribution in [-0.2, 0) is 20.7 Å². The van der Waals surface area contributed by atoms with Gasteiger partial charge in [-0.15, -0.1) is 0 Å². The molecule has 0 saturated heterocycles. The van der Waals surface area contributed by atoms with Gasteiger partial charge in [0.05, 0.1) is 0 Å². The van der Waals surface area contributed by atoms with Gasteiger partial charge in [-0.05, 0) is 46.4 Å². The minimum atomic E-state index is -1.04. The molecule has 0 aliphatic heterocycles. The first-order chi connectivity index (χ1) is 16.4. The fraction of sp³-hybridized carbons (Fsp3) is 0.222. The summed E-state index contributed by atoms with van der Waals surface area (Å²) in [5.74, 6) is -1.28. The number of rotatable bonds is 8. The van der Waals surface area contributed by atoms with Crippen molar-refractivity contribution < 1.29 is 24.2 Å². The minimum absolute atomic E-state index is 0.00248. The van der Waals surface area contributed by atoms with Crippen LogP contribution in [0.4, 0.5) is 10.5 Å². The number of carboxylic acid groups (broad SMARTS) is 1. The van der Waals surface area contributed by atoms with Crippen molar-refractivity contribution in [2.45, 2.75) is 18.8 Å². The van der Waals surface area contributed by atoms with Crippen molar-refractivity contribution in [2.24, 2.45) is 0 Å². The first-order valence-electron chi connectivity index (χ1n) is 11.1. The zero-order valence-corrected chi connectivity index (χ0v) is 18.9. The van der Waals surface area contributed by atoms with Crippen LogP contribution in [0, 0.1) is 0 Å². The number of hydrogen-bond acceptors (Lipinski definition) is 4. The average molecular weight is 459 g/mol. The summed E-state index contributed by atoms with van der Waals surface area (Å²) < 4.78 is 5.56. The maximum atomic E-state index is 12.4. The van der Waals surface area contributed by atoms with Crippen LogP contribution in [0.5, 0.6) is 0 Å². The van der Waals surface area contributed by atoms with Crippen LogP contribution >= 0.6 is 0 Å². The van der Waals surface area contributed by atoms with E-state index < -0.39 is 12.1 Å². The quantitative estimate of drug-likeness (QED) is 0.517. The number of aryl methyl sites for hydroxylation is 1. The molecule has 7 nitrogen and oxygen atoms in total. The van der Waals surface area contributed by atoms with E-state index in [4.69, 9.17) is 9.84 Å². The number of fused-ring (bicyclic) bond motifs is 3. The largest absolute Gasteiger partial charge is 0.480 e. The van der Waals surface area contributed by atoms with Gasteiger partial charge < -0.3 is 14.7 Å². The number of ether oxygens (including phenoxy) is 1. The fourth-order valence-corrected chi connectivity index (χ4v) is 4.24. The Morgan fingerprint density at radius 3 is 2.09 bits per heavy atom. The molecule has 0 atom stereocenters. The smallest absolute Gasteiger partial charge is 0.411 e. The lowest BCUT2D eigenvalue weighted by atomic mass is 9.98. The number of hydrogen-bond donors (Lipinski definition) is 2. The van der Waals surface area contributed by atoms with E-state index in [9.17, 15) is 14.4 Å². The number of anilines is 1. The van der Waals surface area contributed by atoms with Gasteiger partial charge in [-0.1, -0.05) is 60.7 Å². The zero-order valence-electron chi connectivity index (χ0n) is 18.9.